The molecule has 1 aromatic heterocycles. The first kappa shape index (κ1) is 16.8. The maximum absolute atomic E-state index is 13.5. The molecule has 0 aliphatic rings. The van der Waals surface area contributed by atoms with Gasteiger partial charge in [-0.05, 0) is 13.0 Å². The Labute approximate surface area is 144 Å². The van der Waals surface area contributed by atoms with Gasteiger partial charge in [0, 0.05) is 17.5 Å². The van der Waals surface area contributed by atoms with Crippen LogP contribution in [0.5, 0.6) is 0 Å². The smallest absolute Gasteiger partial charge is 0.306 e. The zero-order valence-electron chi connectivity index (χ0n) is 13.7. The SMILES string of the molecule is Cc1ccc(-c2noc(CCC(=O)OCc3ccccc3F)n2)cc1. The molecule has 25 heavy (non-hydrogen) atoms. The van der Waals surface area contributed by atoms with Crippen LogP contribution in [-0.2, 0) is 22.6 Å². The van der Waals surface area contributed by atoms with Crippen LogP contribution < -0.4 is 0 Å². The zero-order chi connectivity index (χ0) is 17.6. The maximum Gasteiger partial charge on any atom is 0.306 e. The van der Waals surface area contributed by atoms with Crippen molar-refractivity contribution < 1.29 is 18.4 Å². The molecule has 3 rings (SSSR count). The van der Waals surface area contributed by atoms with Crippen LogP contribution in [0.25, 0.3) is 11.4 Å². The first-order valence-corrected chi connectivity index (χ1v) is 7.90. The van der Waals surface area contributed by atoms with E-state index in [1.54, 1.807) is 18.2 Å². The van der Waals surface area contributed by atoms with E-state index in [1.807, 2.05) is 31.2 Å². The van der Waals surface area contributed by atoms with Crippen molar-refractivity contribution in [2.45, 2.75) is 26.4 Å². The molecule has 0 saturated carbocycles. The Morgan fingerprint density at radius 1 is 1.16 bits per heavy atom. The Balaban J connectivity index is 1.51. The second kappa shape index (κ2) is 7.70. The highest BCUT2D eigenvalue weighted by atomic mass is 19.1. The largest absolute Gasteiger partial charge is 0.461 e. The summed E-state index contributed by atoms with van der Waals surface area (Å²) >= 11 is 0. The van der Waals surface area contributed by atoms with E-state index in [9.17, 15) is 9.18 Å². The number of ether oxygens (including phenoxy) is 1. The minimum absolute atomic E-state index is 0.0873. The number of hydrogen-bond donors (Lipinski definition) is 0. The molecular weight excluding hydrogens is 323 g/mol. The van der Waals surface area contributed by atoms with E-state index >= 15 is 0 Å². The van der Waals surface area contributed by atoms with Gasteiger partial charge in [0.1, 0.15) is 12.4 Å². The van der Waals surface area contributed by atoms with Gasteiger partial charge in [-0.2, -0.15) is 4.98 Å². The summed E-state index contributed by atoms with van der Waals surface area (Å²) in [5.74, 6) is 0.00132. The standard InChI is InChI=1S/C19H17FN2O3/c1-13-6-8-14(9-7-13)19-21-17(25-22-19)10-11-18(23)24-12-15-4-2-3-5-16(15)20/h2-9H,10-12H2,1H3. The van der Waals surface area contributed by atoms with E-state index in [2.05, 4.69) is 10.1 Å². The van der Waals surface area contributed by atoms with E-state index in [-0.39, 0.29) is 19.4 Å². The summed E-state index contributed by atoms with van der Waals surface area (Å²) in [6.07, 6.45) is 0.360. The molecule has 0 saturated heterocycles. The molecule has 128 valence electrons. The molecule has 0 atom stereocenters. The number of aryl methyl sites for hydroxylation is 2. The third-order valence-electron chi connectivity index (χ3n) is 3.67. The van der Waals surface area contributed by atoms with Gasteiger partial charge >= 0.3 is 5.97 Å². The van der Waals surface area contributed by atoms with Crippen LogP contribution in [0.2, 0.25) is 0 Å². The van der Waals surface area contributed by atoms with Gasteiger partial charge in [0.15, 0.2) is 0 Å². The number of rotatable bonds is 6. The van der Waals surface area contributed by atoms with E-state index in [0.717, 1.165) is 11.1 Å². The summed E-state index contributed by atoms with van der Waals surface area (Å²) in [5.41, 5.74) is 2.34. The predicted molar refractivity (Wildman–Crippen MR) is 89.0 cm³/mol. The Hall–Kier alpha value is -3.02. The Morgan fingerprint density at radius 2 is 1.92 bits per heavy atom. The normalized spacial score (nSPS) is 10.6. The van der Waals surface area contributed by atoms with Gasteiger partial charge in [-0.1, -0.05) is 53.2 Å². The third-order valence-corrected chi connectivity index (χ3v) is 3.67. The molecule has 5 nitrogen and oxygen atoms in total. The summed E-state index contributed by atoms with van der Waals surface area (Å²) < 4.78 is 23.7. The lowest BCUT2D eigenvalue weighted by atomic mass is 10.1. The number of nitrogens with zero attached hydrogens (tertiary/aromatic N) is 2. The summed E-state index contributed by atoms with van der Waals surface area (Å²) in [6, 6.07) is 13.9. The van der Waals surface area contributed by atoms with E-state index in [1.165, 1.54) is 6.07 Å². The average Bonchev–Trinajstić information content (AvgIpc) is 3.09. The van der Waals surface area contributed by atoms with Gasteiger partial charge < -0.3 is 9.26 Å². The first-order chi connectivity index (χ1) is 12.1. The van der Waals surface area contributed by atoms with Crippen LogP contribution in [0.3, 0.4) is 0 Å². The fraction of sp³-hybridized carbons (Fsp3) is 0.211. The predicted octanol–water partition coefficient (Wildman–Crippen LogP) is 3.86. The minimum atomic E-state index is -0.446. The van der Waals surface area contributed by atoms with Crippen molar-refractivity contribution in [2.75, 3.05) is 0 Å². The van der Waals surface area contributed by atoms with Gasteiger partial charge in [-0.25, -0.2) is 4.39 Å². The number of carbonyl (C=O) groups is 1. The Kier molecular flexibility index (Phi) is 5.18. The monoisotopic (exact) mass is 340 g/mol. The van der Waals surface area contributed by atoms with Crippen molar-refractivity contribution in [3.05, 3.63) is 71.4 Å². The first-order valence-electron chi connectivity index (χ1n) is 7.90. The van der Waals surface area contributed by atoms with Crippen molar-refractivity contribution in [3.63, 3.8) is 0 Å². The van der Waals surface area contributed by atoms with Gasteiger partial charge in [-0.3, -0.25) is 4.79 Å². The molecule has 0 N–H and O–H groups in total. The molecule has 0 aliphatic heterocycles. The van der Waals surface area contributed by atoms with Crippen LogP contribution >= 0.6 is 0 Å². The molecule has 2 aromatic carbocycles. The van der Waals surface area contributed by atoms with Crippen molar-refractivity contribution in [2.24, 2.45) is 0 Å². The molecule has 0 unspecified atom stereocenters. The summed E-state index contributed by atoms with van der Waals surface area (Å²) in [5, 5.41) is 3.91. The third kappa shape index (κ3) is 4.50. The maximum atomic E-state index is 13.5. The van der Waals surface area contributed by atoms with Gasteiger partial charge in [0.2, 0.25) is 11.7 Å². The number of carbonyl (C=O) groups excluding carboxylic acids is 1. The molecule has 0 spiro atoms. The Morgan fingerprint density at radius 3 is 2.68 bits per heavy atom. The lowest BCUT2D eigenvalue weighted by Gasteiger charge is -2.04. The van der Waals surface area contributed by atoms with Gasteiger partial charge in [0.25, 0.3) is 0 Å². The molecule has 6 heteroatoms. The summed E-state index contributed by atoms with van der Waals surface area (Å²) in [6.45, 7) is 1.91. The van der Waals surface area contributed by atoms with Crippen molar-refractivity contribution in [1.29, 1.82) is 0 Å². The van der Waals surface area contributed by atoms with E-state index < -0.39 is 11.8 Å². The van der Waals surface area contributed by atoms with Gasteiger partial charge in [0.05, 0.1) is 6.42 Å². The topological polar surface area (TPSA) is 65.2 Å². The number of aromatic nitrogens is 2. The average molecular weight is 340 g/mol. The quantitative estimate of drug-likeness (QED) is 0.638. The van der Waals surface area contributed by atoms with Crippen molar-refractivity contribution in [1.82, 2.24) is 10.1 Å². The highest BCUT2D eigenvalue weighted by Gasteiger charge is 2.12. The highest BCUT2D eigenvalue weighted by Crippen LogP contribution is 2.17. The Bertz CT molecular complexity index is 859. The number of hydrogen-bond acceptors (Lipinski definition) is 5. The second-order valence-electron chi connectivity index (χ2n) is 5.63. The van der Waals surface area contributed by atoms with Crippen LogP contribution in [-0.4, -0.2) is 16.1 Å². The van der Waals surface area contributed by atoms with Crippen molar-refractivity contribution >= 4 is 5.97 Å². The molecular formula is C19H17FN2O3. The highest BCUT2D eigenvalue weighted by molar-refractivity contribution is 5.69. The fourth-order valence-corrected chi connectivity index (χ4v) is 2.23. The fourth-order valence-electron chi connectivity index (χ4n) is 2.23. The number of esters is 1. The molecule has 0 bridgehead atoms. The molecule has 3 aromatic rings. The van der Waals surface area contributed by atoms with Crippen LogP contribution in [0.1, 0.15) is 23.4 Å². The zero-order valence-corrected chi connectivity index (χ0v) is 13.7. The number of halogens is 1. The molecule has 1 heterocycles. The van der Waals surface area contributed by atoms with Crippen LogP contribution in [0.15, 0.2) is 53.1 Å². The second-order valence-corrected chi connectivity index (χ2v) is 5.63. The van der Waals surface area contributed by atoms with E-state index in [0.29, 0.717) is 17.3 Å². The van der Waals surface area contributed by atoms with E-state index in [4.69, 9.17) is 9.26 Å². The molecule has 0 radical (unpaired) electrons. The van der Waals surface area contributed by atoms with Gasteiger partial charge in [-0.15, -0.1) is 0 Å². The minimum Gasteiger partial charge on any atom is -0.461 e. The van der Waals surface area contributed by atoms with Crippen molar-refractivity contribution in [3.8, 4) is 11.4 Å². The lowest BCUT2D eigenvalue weighted by Crippen LogP contribution is -2.07. The number of benzene rings is 2. The summed E-state index contributed by atoms with van der Waals surface area (Å²) in [7, 11) is 0. The van der Waals surface area contributed by atoms with Crippen LogP contribution in [0.4, 0.5) is 4.39 Å². The van der Waals surface area contributed by atoms with Crippen LogP contribution in [0, 0.1) is 12.7 Å². The molecule has 0 amide bonds. The molecule has 0 fully saturated rings. The molecule has 0 aliphatic carbocycles. The lowest BCUT2D eigenvalue weighted by molar-refractivity contribution is -0.145. The summed E-state index contributed by atoms with van der Waals surface area (Å²) in [4.78, 5) is 16.0.